The SMILES string of the molecule is CC(O)(CNC(=O)Cc1cccc(OCC#N)c1)c1ccsc1. The molecule has 0 aliphatic heterocycles. The zero-order chi connectivity index (χ0) is 16.7. The molecular formula is C17H18N2O3S. The molecule has 2 aromatic rings. The van der Waals surface area contributed by atoms with Crippen molar-refractivity contribution in [3.05, 3.63) is 52.2 Å². The summed E-state index contributed by atoms with van der Waals surface area (Å²) in [4.78, 5) is 12.0. The minimum atomic E-state index is -1.09. The largest absolute Gasteiger partial charge is 0.479 e. The Bertz CT molecular complexity index is 690. The quantitative estimate of drug-likeness (QED) is 0.815. The zero-order valence-electron chi connectivity index (χ0n) is 12.8. The lowest BCUT2D eigenvalue weighted by atomic mass is 9.99. The number of carbonyl (C=O) groups excluding carboxylic acids is 1. The number of nitriles is 1. The zero-order valence-corrected chi connectivity index (χ0v) is 13.6. The van der Waals surface area contributed by atoms with Gasteiger partial charge in [-0.3, -0.25) is 4.79 Å². The Labute approximate surface area is 139 Å². The molecule has 1 unspecified atom stereocenters. The molecule has 0 bridgehead atoms. The van der Waals surface area contributed by atoms with Crippen molar-refractivity contribution >= 4 is 17.2 Å². The minimum Gasteiger partial charge on any atom is -0.479 e. The normalized spacial score (nSPS) is 12.9. The van der Waals surface area contributed by atoms with E-state index in [4.69, 9.17) is 10.00 Å². The number of rotatable bonds is 7. The molecule has 1 aromatic carbocycles. The third-order valence-corrected chi connectivity index (χ3v) is 4.02. The lowest BCUT2D eigenvalue weighted by Crippen LogP contribution is -2.39. The number of benzene rings is 1. The van der Waals surface area contributed by atoms with Crippen LogP contribution in [0.1, 0.15) is 18.1 Å². The predicted molar refractivity (Wildman–Crippen MR) is 88.2 cm³/mol. The average Bonchev–Trinajstić information content (AvgIpc) is 3.07. The number of thiophene rings is 1. The summed E-state index contributed by atoms with van der Waals surface area (Å²) < 4.78 is 5.21. The molecule has 1 heterocycles. The maximum Gasteiger partial charge on any atom is 0.224 e. The van der Waals surface area contributed by atoms with E-state index in [1.807, 2.05) is 29.0 Å². The third kappa shape index (κ3) is 5.09. The summed E-state index contributed by atoms with van der Waals surface area (Å²) in [6.45, 7) is 1.79. The van der Waals surface area contributed by atoms with Crippen molar-refractivity contribution in [1.29, 1.82) is 5.26 Å². The number of hydrogen-bond donors (Lipinski definition) is 2. The summed E-state index contributed by atoms with van der Waals surface area (Å²) in [6.07, 6.45) is 0.184. The van der Waals surface area contributed by atoms with Gasteiger partial charge in [-0.1, -0.05) is 12.1 Å². The van der Waals surface area contributed by atoms with E-state index in [-0.39, 0.29) is 25.5 Å². The molecule has 1 aromatic heterocycles. The average molecular weight is 330 g/mol. The van der Waals surface area contributed by atoms with Crippen LogP contribution in [0.2, 0.25) is 0 Å². The van der Waals surface area contributed by atoms with E-state index in [1.54, 1.807) is 25.1 Å². The Morgan fingerprint density at radius 3 is 3.00 bits per heavy atom. The van der Waals surface area contributed by atoms with E-state index < -0.39 is 5.60 Å². The molecule has 1 amide bonds. The summed E-state index contributed by atoms with van der Waals surface area (Å²) in [5.41, 5.74) is 0.482. The lowest BCUT2D eigenvalue weighted by molar-refractivity contribution is -0.121. The monoisotopic (exact) mass is 330 g/mol. The molecule has 0 saturated carbocycles. The Morgan fingerprint density at radius 1 is 1.48 bits per heavy atom. The first-order valence-corrected chi connectivity index (χ1v) is 8.06. The van der Waals surface area contributed by atoms with E-state index in [9.17, 15) is 9.90 Å². The number of ether oxygens (including phenoxy) is 1. The van der Waals surface area contributed by atoms with E-state index in [0.29, 0.717) is 5.75 Å². The first-order chi connectivity index (χ1) is 11.0. The highest BCUT2D eigenvalue weighted by Gasteiger charge is 2.24. The molecule has 1 atom stereocenters. The molecule has 0 aliphatic rings. The molecule has 5 nitrogen and oxygen atoms in total. The van der Waals surface area contributed by atoms with Crippen LogP contribution < -0.4 is 10.1 Å². The first kappa shape index (κ1) is 17.0. The van der Waals surface area contributed by atoms with Gasteiger partial charge in [0, 0.05) is 0 Å². The fourth-order valence-corrected chi connectivity index (χ4v) is 2.84. The molecule has 6 heteroatoms. The van der Waals surface area contributed by atoms with Gasteiger partial charge in [0.1, 0.15) is 17.4 Å². The van der Waals surface area contributed by atoms with Crippen LogP contribution in [0.4, 0.5) is 0 Å². The molecule has 0 spiro atoms. The van der Waals surface area contributed by atoms with Gasteiger partial charge in [0.2, 0.25) is 5.91 Å². The second kappa shape index (κ2) is 7.77. The van der Waals surface area contributed by atoms with Crippen molar-refractivity contribution in [3.8, 4) is 11.8 Å². The molecule has 0 saturated heterocycles. The Hall–Kier alpha value is -2.36. The van der Waals surface area contributed by atoms with Gasteiger partial charge in [-0.2, -0.15) is 16.6 Å². The topological polar surface area (TPSA) is 82.3 Å². The molecule has 0 aliphatic carbocycles. The van der Waals surface area contributed by atoms with Gasteiger partial charge in [-0.15, -0.1) is 0 Å². The van der Waals surface area contributed by atoms with E-state index >= 15 is 0 Å². The van der Waals surface area contributed by atoms with Gasteiger partial charge in [0.15, 0.2) is 6.61 Å². The standard InChI is InChI=1S/C17H18N2O3S/c1-17(21,14-5-8-23-11-14)12-19-16(20)10-13-3-2-4-15(9-13)22-7-6-18/h2-5,8-9,11,21H,7,10,12H2,1H3,(H,19,20). The van der Waals surface area contributed by atoms with E-state index in [0.717, 1.165) is 11.1 Å². The fraction of sp³-hybridized carbons (Fsp3) is 0.294. The van der Waals surface area contributed by atoms with Crippen LogP contribution in [-0.2, 0) is 16.8 Å². The Morgan fingerprint density at radius 2 is 2.30 bits per heavy atom. The molecule has 0 fully saturated rings. The van der Waals surface area contributed by atoms with Gasteiger partial charge < -0.3 is 15.2 Å². The van der Waals surface area contributed by atoms with Crippen molar-refractivity contribution < 1.29 is 14.6 Å². The van der Waals surface area contributed by atoms with Crippen LogP contribution in [0.3, 0.4) is 0 Å². The van der Waals surface area contributed by atoms with Gasteiger partial charge in [-0.05, 0) is 47.0 Å². The van der Waals surface area contributed by atoms with E-state index in [1.165, 1.54) is 11.3 Å². The van der Waals surface area contributed by atoms with Gasteiger partial charge in [0.05, 0.1) is 13.0 Å². The summed E-state index contributed by atoms with van der Waals surface area (Å²) in [5, 5.41) is 25.4. The van der Waals surface area contributed by atoms with Gasteiger partial charge in [0.25, 0.3) is 0 Å². The Balaban J connectivity index is 1.89. The second-order valence-corrected chi connectivity index (χ2v) is 6.11. The molecule has 120 valence electrons. The van der Waals surface area contributed by atoms with Gasteiger partial charge >= 0.3 is 0 Å². The first-order valence-electron chi connectivity index (χ1n) is 7.12. The molecule has 23 heavy (non-hydrogen) atoms. The second-order valence-electron chi connectivity index (χ2n) is 5.33. The van der Waals surface area contributed by atoms with E-state index in [2.05, 4.69) is 5.32 Å². The lowest BCUT2D eigenvalue weighted by Gasteiger charge is -2.22. The minimum absolute atomic E-state index is 0.0286. The summed E-state index contributed by atoms with van der Waals surface area (Å²) in [6, 6.07) is 10.8. The van der Waals surface area contributed by atoms with Crippen LogP contribution in [0, 0.1) is 11.3 Å². The van der Waals surface area contributed by atoms with Crippen LogP contribution in [0.25, 0.3) is 0 Å². The predicted octanol–water partition coefficient (Wildman–Crippen LogP) is 2.22. The van der Waals surface area contributed by atoms with Crippen LogP contribution in [0.5, 0.6) is 5.75 Å². The summed E-state index contributed by atoms with van der Waals surface area (Å²) in [5.74, 6) is 0.375. The van der Waals surface area contributed by atoms with Crippen LogP contribution >= 0.6 is 11.3 Å². The molecule has 0 radical (unpaired) electrons. The van der Waals surface area contributed by atoms with Crippen molar-refractivity contribution in [2.45, 2.75) is 18.9 Å². The summed E-state index contributed by atoms with van der Waals surface area (Å²) >= 11 is 1.50. The number of amides is 1. The summed E-state index contributed by atoms with van der Waals surface area (Å²) in [7, 11) is 0. The van der Waals surface area contributed by atoms with Crippen molar-refractivity contribution in [2.24, 2.45) is 0 Å². The number of carbonyl (C=O) groups is 1. The fourth-order valence-electron chi connectivity index (χ4n) is 2.05. The molecular weight excluding hydrogens is 312 g/mol. The highest BCUT2D eigenvalue weighted by Crippen LogP contribution is 2.22. The van der Waals surface area contributed by atoms with Crippen LogP contribution in [-0.4, -0.2) is 24.2 Å². The molecule has 2 N–H and O–H groups in total. The van der Waals surface area contributed by atoms with Crippen molar-refractivity contribution in [1.82, 2.24) is 5.32 Å². The number of hydrogen-bond acceptors (Lipinski definition) is 5. The smallest absolute Gasteiger partial charge is 0.224 e. The highest BCUT2D eigenvalue weighted by atomic mass is 32.1. The maximum absolute atomic E-state index is 12.0. The highest BCUT2D eigenvalue weighted by molar-refractivity contribution is 7.08. The maximum atomic E-state index is 12.0. The number of nitrogens with one attached hydrogen (secondary N) is 1. The van der Waals surface area contributed by atoms with Crippen molar-refractivity contribution in [2.75, 3.05) is 13.2 Å². The Kier molecular flexibility index (Phi) is 5.74. The van der Waals surface area contributed by atoms with Crippen molar-refractivity contribution in [3.63, 3.8) is 0 Å². The number of nitrogens with zero attached hydrogens (tertiary/aromatic N) is 1. The van der Waals surface area contributed by atoms with Gasteiger partial charge in [-0.25, -0.2) is 0 Å². The van der Waals surface area contributed by atoms with Crippen LogP contribution in [0.15, 0.2) is 41.1 Å². The number of aliphatic hydroxyl groups is 1. The molecule has 2 rings (SSSR count). The third-order valence-electron chi connectivity index (χ3n) is 3.34.